The van der Waals surface area contributed by atoms with E-state index < -0.39 is 0 Å². The zero-order valence-corrected chi connectivity index (χ0v) is 32.3. The first-order chi connectivity index (χ1) is 30.1. The van der Waals surface area contributed by atoms with E-state index in [0.29, 0.717) is 39.7 Å². The van der Waals surface area contributed by atoms with Crippen LogP contribution in [-0.2, 0) is 0 Å². The molecule has 8 nitrogen and oxygen atoms in total. The van der Waals surface area contributed by atoms with E-state index in [0.717, 1.165) is 82.5 Å². The summed E-state index contributed by atoms with van der Waals surface area (Å²) in [6.45, 7) is 0. The van der Waals surface area contributed by atoms with Crippen LogP contribution in [0.15, 0.2) is 180 Å². The normalized spacial score (nSPS) is 11.6. The van der Waals surface area contributed by atoms with Gasteiger partial charge in [0.05, 0.1) is 56.7 Å². The van der Waals surface area contributed by atoms with E-state index in [-0.39, 0.29) is 0 Å². The zero-order valence-electron chi connectivity index (χ0n) is 32.3. The van der Waals surface area contributed by atoms with Crippen LogP contribution in [-0.4, -0.2) is 24.1 Å². The maximum absolute atomic E-state index is 10.3. The predicted molar refractivity (Wildman–Crippen MR) is 242 cm³/mol. The molecule has 0 atom stereocenters. The fourth-order valence-electron chi connectivity index (χ4n) is 8.92. The molecule has 12 rings (SSSR count). The molecule has 0 spiro atoms. The number of hydrogen-bond acceptors (Lipinski definition) is 6. The fraction of sp³-hybridized carbons (Fsp3) is 0. The molecular weight excluding hydrogens is 751 g/mol. The van der Waals surface area contributed by atoms with Crippen molar-refractivity contribution in [2.75, 3.05) is 0 Å². The fourth-order valence-corrected chi connectivity index (χ4v) is 8.92. The first kappa shape index (κ1) is 34.2. The smallest absolute Gasteiger partial charge is 0.166 e. The van der Waals surface area contributed by atoms with E-state index >= 15 is 0 Å². The van der Waals surface area contributed by atoms with E-state index in [2.05, 4.69) is 81.9 Å². The molecular formula is C53H29N7O. The average Bonchev–Trinajstić information content (AvgIpc) is 3.97. The van der Waals surface area contributed by atoms with Crippen LogP contribution in [0, 0.1) is 22.7 Å². The molecule has 282 valence electrons. The third kappa shape index (κ3) is 5.27. The van der Waals surface area contributed by atoms with Crippen LogP contribution in [0.4, 0.5) is 0 Å². The Morgan fingerprint density at radius 1 is 0.377 bits per heavy atom. The van der Waals surface area contributed by atoms with Gasteiger partial charge in [-0.15, -0.1) is 0 Å². The summed E-state index contributed by atoms with van der Waals surface area (Å²) in [6.07, 6.45) is 0. The van der Waals surface area contributed by atoms with E-state index in [1.165, 1.54) is 0 Å². The van der Waals surface area contributed by atoms with Gasteiger partial charge in [0, 0.05) is 55.1 Å². The molecule has 61 heavy (non-hydrogen) atoms. The number of nitrogens with zero attached hydrogens (tertiary/aromatic N) is 7. The van der Waals surface area contributed by atoms with Crippen LogP contribution >= 0.6 is 0 Å². The van der Waals surface area contributed by atoms with Crippen molar-refractivity contribution < 1.29 is 4.42 Å². The number of nitriles is 2. The maximum atomic E-state index is 10.3. The van der Waals surface area contributed by atoms with Crippen molar-refractivity contribution in [2.24, 2.45) is 0 Å². The Kier molecular flexibility index (Phi) is 7.49. The Morgan fingerprint density at radius 2 is 0.852 bits per heavy atom. The second kappa shape index (κ2) is 13.4. The standard InChI is InChI=1S/C53H29N7O/c54-30-32-22-24-46(59-43-18-8-4-14-35(43)36-15-5-9-19-44(36)59)41(26-32)52-56-51(34-12-2-1-3-13-34)57-53(58-52)42-27-33(31-55)23-25-47(42)60-45-20-10-6-16-37(45)39-28-40-38-17-7-11-21-49(38)61-50(40)29-48(39)60/h1-29H. The molecule has 12 aromatic rings. The molecule has 0 amide bonds. The van der Waals surface area contributed by atoms with Crippen LogP contribution in [0.5, 0.6) is 0 Å². The number of aromatic nitrogens is 5. The van der Waals surface area contributed by atoms with Gasteiger partial charge in [0.1, 0.15) is 11.2 Å². The lowest BCUT2D eigenvalue weighted by molar-refractivity contribution is 0.669. The van der Waals surface area contributed by atoms with Gasteiger partial charge in [-0.05, 0) is 66.7 Å². The first-order valence-corrected chi connectivity index (χ1v) is 19.9. The molecule has 0 fully saturated rings. The summed E-state index contributed by atoms with van der Waals surface area (Å²) in [5, 5.41) is 27.1. The highest BCUT2D eigenvalue weighted by Crippen LogP contribution is 2.41. The van der Waals surface area contributed by atoms with Gasteiger partial charge in [0.2, 0.25) is 0 Å². The van der Waals surface area contributed by atoms with Gasteiger partial charge in [-0.25, -0.2) is 15.0 Å². The molecule has 4 heterocycles. The molecule has 0 aliphatic heterocycles. The molecule has 0 saturated heterocycles. The van der Waals surface area contributed by atoms with Gasteiger partial charge in [0.15, 0.2) is 17.5 Å². The predicted octanol–water partition coefficient (Wildman–Crippen LogP) is 12.7. The van der Waals surface area contributed by atoms with Gasteiger partial charge in [-0.1, -0.05) is 103 Å². The van der Waals surface area contributed by atoms with Crippen LogP contribution in [0.2, 0.25) is 0 Å². The summed E-state index contributed by atoms with van der Waals surface area (Å²) in [4.78, 5) is 15.7. The summed E-state index contributed by atoms with van der Waals surface area (Å²) in [6, 6.07) is 63.2. The van der Waals surface area contributed by atoms with E-state index in [4.69, 9.17) is 19.4 Å². The molecule has 0 N–H and O–H groups in total. The molecule has 8 aromatic carbocycles. The minimum absolute atomic E-state index is 0.377. The van der Waals surface area contributed by atoms with Crippen molar-refractivity contribution in [3.05, 3.63) is 187 Å². The molecule has 0 bridgehead atoms. The van der Waals surface area contributed by atoms with Crippen LogP contribution in [0.25, 0.3) is 111 Å². The second-order valence-electron chi connectivity index (χ2n) is 15.0. The Hall–Kier alpha value is -8.85. The molecule has 4 aromatic heterocycles. The third-order valence-electron chi connectivity index (χ3n) is 11.6. The number of hydrogen-bond donors (Lipinski definition) is 0. The highest BCUT2D eigenvalue weighted by Gasteiger charge is 2.23. The Morgan fingerprint density at radius 3 is 1.43 bits per heavy atom. The summed E-state index contributed by atoms with van der Waals surface area (Å²) in [5.74, 6) is 1.22. The summed E-state index contributed by atoms with van der Waals surface area (Å²) < 4.78 is 10.8. The lowest BCUT2D eigenvalue weighted by atomic mass is 10.1. The minimum atomic E-state index is 0.377. The summed E-state index contributed by atoms with van der Waals surface area (Å²) in [5.41, 5.74) is 10.2. The molecule has 0 radical (unpaired) electrons. The molecule has 0 aliphatic carbocycles. The van der Waals surface area contributed by atoms with Gasteiger partial charge in [-0.3, -0.25) is 0 Å². The quantitative estimate of drug-likeness (QED) is 0.172. The SMILES string of the molecule is N#Cc1ccc(-n2c3ccccc3c3ccccc32)c(-c2nc(-c3ccccc3)nc(-c3cc(C#N)ccc3-n3c4ccccc4c4cc5c(cc43)oc3ccccc35)n2)c1. The van der Waals surface area contributed by atoms with Gasteiger partial charge in [0.25, 0.3) is 0 Å². The Bertz CT molecular complexity index is 3810. The Labute approximate surface area is 348 Å². The number of furan rings is 1. The van der Waals surface area contributed by atoms with Gasteiger partial charge < -0.3 is 13.6 Å². The lowest BCUT2D eigenvalue weighted by Gasteiger charge is -2.17. The number of rotatable bonds is 5. The number of para-hydroxylation sites is 4. The van der Waals surface area contributed by atoms with E-state index in [9.17, 15) is 10.5 Å². The van der Waals surface area contributed by atoms with E-state index in [1.807, 2.05) is 115 Å². The van der Waals surface area contributed by atoms with Crippen molar-refractivity contribution in [3.63, 3.8) is 0 Å². The van der Waals surface area contributed by atoms with Crippen molar-refractivity contribution in [3.8, 4) is 57.7 Å². The minimum Gasteiger partial charge on any atom is -0.456 e. The lowest BCUT2D eigenvalue weighted by Crippen LogP contribution is -2.06. The topological polar surface area (TPSA) is 109 Å². The Balaban J connectivity index is 1.16. The summed E-state index contributed by atoms with van der Waals surface area (Å²) >= 11 is 0. The third-order valence-corrected chi connectivity index (χ3v) is 11.6. The molecule has 0 aliphatic rings. The highest BCUT2D eigenvalue weighted by molar-refractivity contribution is 6.17. The van der Waals surface area contributed by atoms with Gasteiger partial charge in [-0.2, -0.15) is 10.5 Å². The zero-order chi connectivity index (χ0) is 40.6. The van der Waals surface area contributed by atoms with Crippen molar-refractivity contribution in [1.82, 2.24) is 24.1 Å². The largest absolute Gasteiger partial charge is 0.456 e. The van der Waals surface area contributed by atoms with Crippen molar-refractivity contribution >= 4 is 65.6 Å². The van der Waals surface area contributed by atoms with Crippen LogP contribution in [0.1, 0.15) is 11.1 Å². The second-order valence-corrected chi connectivity index (χ2v) is 15.0. The molecule has 0 saturated carbocycles. The number of benzene rings is 8. The number of fused-ring (bicyclic) bond motifs is 9. The first-order valence-electron chi connectivity index (χ1n) is 19.9. The van der Waals surface area contributed by atoms with Crippen LogP contribution in [0.3, 0.4) is 0 Å². The molecule has 0 unspecified atom stereocenters. The van der Waals surface area contributed by atoms with Crippen molar-refractivity contribution in [1.29, 1.82) is 10.5 Å². The van der Waals surface area contributed by atoms with Crippen LogP contribution < -0.4 is 0 Å². The maximum Gasteiger partial charge on any atom is 0.166 e. The monoisotopic (exact) mass is 779 g/mol. The van der Waals surface area contributed by atoms with Crippen molar-refractivity contribution in [2.45, 2.75) is 0 Å². The summed E-state index contributed by atoms with van der Waals surface area (Å²) in [7, 11) is 0. The highest BCUT2D eigenvalue weighted by atomic mass is 16.3. The van der Waals surface area contributed by atoms with Gasteiger partial charge >= 0.3 is 0 Å². The average molecular weight is 780 g/mol. The molecule has 8 heteroatoms. The van der Waals surface area contributed by atoms with E-state index in [1.54, 1.807) is 0 Å².